The molecule has 170 valence electrons. The number of guanidine groups is 1. The van der Waals surface area contributed by atoms with Gasteiger partial charge in [0.15, 0.2) is 17.5 Å². The second kappa shape index (κ2) is 11.8. The van der Waals surface area contributed by atoms with Crippen molar-refractivity contribution in [2.24, 2.45) is 4.99 Å². The molecule has 0 atom stereocenters. The first-order valence-electron chi connectivity index (χ1n) is 9.95. The maximum Gasteiger partial charge on any atom is 0.200 e. The van der Waals surface area contributed by atoms with Crippen molar-refractivity contribution >= 4 is 35.6 Å². The molecule has 0 bridgehead atoms. The molecule has 1 aliphatic rings. The van der Waals surface area contributed by atoms with E-state index in [1.165, 1.54) is 20.3 Å². The van der Waals surface area contributed by atoms with Crippen LogP contribution in [0, 0.1) is 5.82 Å². The van der Waals surface area contributed by atoms with Gasteiger partial charge in [-0.25, -0.2) is 4.39 Å². The number of nitrogens with one attached hydrogen (secondary N) is 2. The third-order valence-corrected chi connectivity index (χ3v) is 5.23. The number of piperidine rings is 1. The van der Waals surface area contributed by atoms with Gasteiger partial charge < -0.3 is 30.1 Å². The maximum atomic E-state index is 13.5. The van der Waals surface area contributed by atoms with Gasteiger partial charge in [0.1, 0.15) is 5.82 Å². The van der Waals surface area contributed by atoms with E-state index in [1.54, 1.807) is 31.3 Å². The van der Waals surface area contributed by atoms with Crippen LogP contribution in [0.3, 0.4) is 0 Å². The number of aromatic hydroxyl groups is 1. The number of hydrogen-bond acceptors (Lipinski definition) is 5. The number of halogens is 2. The lowest BCUT2D eigenvalue weighted by molar-refractivity contribution is 0.339. The molecule has 2 aromatic rings. The van der Waals surface area contributed by atoms with Crippen LogP contribution in [0.5, 0.6) is 17.2 Å². The van der Waals surface area contributed by atoms with Gasteiger partial charge >= 0.3 is 0 Å². The molecule has 0 saturated carbocycles. The summed E-state index contributed by atoms with van der Waals surface area (Å²) in [6, 6.07) is 10.5. The molecule has 0 unspecified atom stereocenters. The Hall–Kier alpha value is -2.43. The summed E-state index contributed by atoms with van der Waals surface area (Å²) in [5.74, 6) is 1.19. The van der Waals surface area contributed by atoms with Gasteiger partial charge in [-0.15, -0.1) is 24.0 Å². The van der Waals surface area contributed by atoms with Gasteiger partial charge in [-0.2, -0.15) is 0 Å². The summed E-state index contributed by atoms with van der Waals surface area (Å²) in [6.45, 7) is 2.20. The van der Waals surface area contributed by atoms with E-state index in [0.29, 0.717) is 24.0 Å². The molecular formula is C22H30FIN4O3. The predicted molar refractivity (Wildman–Crippen MR) is 132 cm³/mol. The second-order valence-electron chi connectivity index (χ2n) is 7.16. The molecular weight excluding hydrogens is 514 g/mol. The van der Waals surface area contributed by atoms with Crippen LogP contribution < -0.4 is 25.0 Å². The maximum absolute atomic E-state index is 13.5. The Bertz CT molecular complexity index is 864. The fraction of sp³-hybridized carbons (Fsp3) is 0.409. The summed E-state index contributed by atoms with van der Waals surface area (Å²) in [7, 11) is 4.74. The van der Waals surface area contributed by atoms with Crippen LogP contribution in [-0.2, 0) is 6.54 Å². The van der Waals surface area contributed by atoms with Crippen molar-refractivity contribution in [1.29, 1.82) is 0 Å². The van der Waals surface area contributed by atoms with Gasteiger partial charge in [-0.1, -0.05) is 6.07 Å². The highest BCUT2D eigenvalue weighted by molar-refractivity contribution is 14.0. The lowest BCUT2D eigenvalue weighted by atomic mass is 10.0. The number of methoxy groups -OCH3 is 2. The smallest absolute Gasteiger partial charge is 0.200 e. The zero-order valence-electron chi connectivity index (χ0n) is 18.0. The standard InChI is InChI=1S/C22H29FN4O3.HI/c1-24-22(25-14-15-11-19(29-2)21(28)20(12-15)30-3)26-17-7-9-27(10-8-17)18-6-4-5-16(23)13-18;/h4-6,11-13,17,28H,7-10,14H2,1-3H3,(H2,24,25,26);1H. The summed E-state index contributed by atoms with van der Waals surface area (Å²) in [5, 5.41) is 16.8. The molecule has 0 amide bonds. The Morgan fingerprint density at radius 1 is 1.16 bits per heavy atom. The number of ether oxygens (including phenoxy) is 2. The van der Waals surface area contributed by atoms with Gasteiger partial charge in [-0.05, 0) is 48.7 Å². The number of phenols is 1. The average molecular weight is 544 g/mol. The first-order valence-corrected chi connectivity index (χ1v) is 9.95. The van der Waals surface area contributed by atoms with Gasteiger partial charge in [0.2, 0.25) is 5.75 Å². The van der Waals surface area contributed by atoms with E-state index in [2.05, 4.69) is 20.5 Å². The molecule has 0 aromatic heterocycles. The molecule has 0 aliphatic carbocycles. The van der Waals surface area contributed by atoms with Gasteiger partial charge in [-0.3, -0.25) is 4.99 Å². The third-order valence-electron chi connectivity index (χ3n) is 5.23. The Morgan fingerprint density at radius 3 is 2.35 bits per heavy atom. The Balaban J connectivity index is 0.00000341. The molecule has 7 nitrogen and oxygen atoms in total. The number of benzene rings is 2. The fourth-order valence-corrected chi connectivity index (χ4v) is 3.58. The average Bonchev–Trinajstić information content (AvgIpc) is 2.77. The second-order valence-corrected chi connectivity index (χ2v) is 7.16. The van der Waals surface area contributed by atoms with E-state index in [9.17, 15) is 9.50 Å². The molecule has 31 heavy (non-hydrogen) atoms. The minimum absolute atomic E-state index is 0. The fourth-order valence-electron chi connectivity index (χ4n) is 3.58. The van der Waals surface area contributed by atoms with Crippen molar-refractivity contribution in [1.82, 2.24) is 10.6 Å². The van der Waals surface area contributed by atoms with E-state index >= 15 is 0 Å². The summed E-state index contributed by atoms with van der Waals surface area (Å²) in [4.78, 5) is 6.51. The Kier molecular flexibility index (Phi) is 9.47. The molecule has 1 fully saturated rings. The van der Waals surface area contributed by atoms with Crippen molar-refractivity contribution in [3.63, 3.8) is 0 Å². The van der Waals surface area contributed by atoms with E-state index < -0.39 is 0 Å². The topological polar surface area (TPSA) is 78.4 Å². The zero-order valence-corrected chi connectivity index (χ0v) is 20.4. The third kappa shape index (κ3) is 6.52. The number of anilines is 1. The molecule has 0 radical (unpaired) electrons. The lowest BCUT2D eigenvalue weighted by Crippen LogP contribution is -2.48. The highest BCUT2D eigenvalue weighted by atomic mass is 127. The molecule has 1 saturated heterocycles. The predicted octanol–water partition coefficient (Wildman–Crippen LogP) is 3.50. The quantitative estimate of drug-likeness (QED) is 0.294. The number of hydrogen-bond donors (Lipinski definition) is 3. The highest BCUT2D eigenvalue weighted by Gasteiger charge is 2.20. The first-order chi connectivity index (χ1) is 14.5. The van der Waals surface area contributed by atoms with Crippen LogP contribution in [0.15, 0.2) is 41.4 Å². The van der Waals surface area contributed by atoms with Gasteiger partial charge in [0, 0.05) is 38.4 Å². The van der Waals surface area contributed by atoms with Crippen LogP contribution in [0.25, 0.3) is 0 Å². The largest absolute Gasteiger partial charge is 0.502 e. The van der Waals surface area contributed by atoms with Crippen molar-refractivity contribution in [3.8, 4) is 17.2 Å². The van der Waals surface area contributed by atoms with Crippen LogP contribution >= 0.6 is 24.0 Å². The molecule has 0 spiro atoms. The van der Waals surface area contributed by atoms with Crippen molar-refractivity contribution in [2.75, 3.05) is 39.3 Å². The summed E-state index contributed by atoms with van der Waals surface area (Å²) in [6.07, 6.45) is 1.86. The SMILES string of the molecule is CN=C(NCc1cc(OC)c(O)c(OC)c1)NC1CCN(c2cccc(F)c2)CC1.I. The van der Waals surface area contributed by atoms with Gasteiger partial charge in [0.05, 0.1) is 14.2 Å². The minimum Gasteiger partial charge on any atom is -0.502 e. The first kappa shape index (κ1) is 24.8. The molecule has 9 heteroatoms. The summed E-state index contributed by atoms with van der Waals surface area (Å²) >= 11 is 0. The van der Waals surface area contributed by atoms with E-state index in [4.69, 9.17) is 9.47 Å². The number of rotatable bonds is 6. The van der Waals surface area contributed by atoms with E-state index in [-0.39, 0.29) is 41.6 Å². The normalized spacial score (nSPS) is 14.6. The molecule has 1 heterocycles. The zero-order chi connectivity index (χ0) is 21.5. The van der Waals surface area contributed by atoms with Crippen LogP contribution in [0.4, 0.5) is 10.1 Å². The molecule has 1 aliphatic heterocycles. The van der Waals surface area contributed by atoms with Crippen molar-refractivity contribution < 1.29 is 19.0 Å². The van der Waals surface area contributed by atoms with Crippen LogP contribution in [0.1, 0.15) is 18.4 Å². The Labute approximate surface area is 199 Å². The molecule has 2 aromatic carbocycles. The van der Waals surface area contributed by atoms with Crippen LogP contribution in [0.2, 0.25) is 0 Å². The molecule has 3 rings (SSSR count). The van der Waals surface area contributed by atoms with Crippen molar-refractivity contribution in [3.05, 3.63) is 47.8 Å². The van der Waals surface area contributed by atoms with Gasteiger partial charge in [0.25, 0.3) is 0 Å². The molecule has 3 N–H and O–H groups in total. The lowest BCUT2D eigenvalue weighted by Gasteiger charge is -2.34. The summed E-state index contributed by atoms with van der Waals surface area (Å²) < 4.78 is 23.9. The van der Waals surface area contributed by atoms with Crippen LogP contribution in [-0.4, -0.2) is 51.5 Å². The Morgan fingerprint density at radius 2 is 1.81 bits per heavy atom. The van der Waals surface area contributed by atoms with E-state index in [0.717, 1.165) is 37.2 Å². The number of aliphatic imine (C=N–C) groups is 1. The minimum atomic E-state index is -0.208. The number of nitrogens with zero attached hydrogens (tertiary/aromatic N) is 2. The highest BCUT2D eigenvalue weighted by Crippen LogP contribution is 2.37. The monoisotopic (exact) mass is 544 g/mol. The van der Waals surface area contributed by atoms with Crippen molar-refractivity contribution in [2.45, 2.75) is 25.4 Å². The van der Waals surface area contributed by atoms with E-state index in [1.807, 2.05) is 6.07 Å². The summed E-state index contributed by atoms with van der Waals surface area (Å²) in [5.41, 5.74) is 1.82. The number of phenolic OH excluding ortho intramolecular Hbond substituents is 1.